The number of nitrogens with zero attached hydrogens (tertiary/aromatic N) is 3. The molecule has 0 aliphatic carbocycles. The second kappa shape index (κ2) is 7.80. The highest BCUT2D eigenvalue weighted by Crippen LogP contribution is 2.32. The quantitative estimate of drug-likeness (QED) is 0.364. The lowest BCUT2D eigenvalue weighted by Gasteiger charge is -2.15. The minimum Gasteiger partial charge on any atom is -0.484 e. The molecule has 9 nitrogen and oxygen atoms in total. The van der Waals surface area contributed by atoms with Crippen molar-refractivity contribution in [3.05, 3.63) is 87.0 Å². The molecule has 152 valence electrons. The Bertz CT molecular complexity index is 1210. The van der Waals surface area contributed by atoms with Crippen molar-refractivity contribution in [2.75, 3.05) is 6.61 Å². The zero-order valence-electron chi connectivity index (χ0n) is 15.7. The lowest BCUT2D eigenvalue weighted by molar-refractivity contribution is -0.394. The van der Waals surface area contributed by atoms with Gasteiger partial charge in [0.1, 0.15) is 12.7 Å². The number of aliphatic hydroxyl groups excluding tert-OH is 1. The predicted molar refractivity (Wildman–Crippen MR) is 111 cm³/mol. The first-order valence-electron chi connectivity index (χ1n) is 9.15. The van der Waals surface area contributed by atoms with Crippen LogP contribution in [-0.2, 0) is 6.54 Å². The van der Waals surface area contributed by atoms with E-state index in [0.717, 1.165) is 33.9 Å². The molecule has 0 saturated heterocycles. The Hall–Kier alpha value is -3.98. The van der Waals surface area contributed by atoms with Crippen LogP contribution < -0.4 is 4.74 Å². The van der Waals surface area contributed by atoms with Gasteiger partial charge in [-0.1, -0.05) is 36.4 Å². The van der Waals surface area contributed by atoms with Crippen LogP contribution in [0.3, 0.4) is 0 Å². The Morgan fingerprint density at radius 2 is 1.50 bits per heavy atom. The average molecular weight is 407 g/mol. The largest absolute Gasteiger partial charge is 0.484 e. The highest BCUT2D eigenvalue weighted by Gasteiger charge is 2.22. The molecular weight excluding hydrogens is 390 g/mol. The van der Waals surface area contributed by atoms with Gasteiger partial charge < -0.3 is 14.4 Å². The Morgan fingerprint density at radius 1 is 0.900 bits per heavy atom. The minimum absolute atomic E-state index is 0.133. The fraction of sp³-hybridized carbons (Fsp3) is 0.143. The van der Waals surface area contributed by atoms with Crippen LogP contribution in [-0.4, -0.2) is 32.2 Å². The van der Waals surface area contributed by atoms with Crippen molar-refractivity contribution in [3.8, 4) is 5.75 Å². The van der Waals surface area contributed by atoms with Gasteiger partial charge in [0.25, 0.3) is 5.69 Å². The number of benzene rings is 3. The highest BCUT2D eigenvalue weighted by molar-refractivity contribution is 6.07. The van der Waals surface area contributed by atoms with Gasteiger partial charge in [-0.15, -0.1) is 0 Å². The molecule has 1 aromatic heterocycles. The normalized spacial score (nSPS) is 12.2. The third-order valence-electron chi connectivity index (χ3n) is 4.85. The summed E-state index contributed by atoms with van der Waals surface area (Å²) in [7, 11) is 0. The SMILES string of the molecule is O=[N+]([O-])c1ccc(OC[C@@H](O)Cn2c3ccccc3c3ccccc32)c([N+](=O)[O-])c1. The summed E-state index contributed by atoms with van der Waals surface area (Å²) >= 11 is 0. The maximum Gasteiger partial charge on any atom is 0.317 e. The molecule has 1 heterocycles. The number of nitro groups is 2. The maximum atomic E-state index is 11.2. The van der Waals surface area contributed by atoms with Crippen molar-refractivity contribution < 1.29 is 19.7 Å². The molecule has 4 rings (SSSR count). The molecule has 30 heavy (non-hydrogen) atoms. The van der Waals surface area contributed by atoms with Crippen molar-refractivity contribution in [1.82, 2.24) is 4.57 Å². The van der Waals surface area contributed by atoms with Gasteiger partial charge in [-0.25, -0.2) is 0 Å². The van der Waals surface area contributed by atoms with Gasteiger partial charge >= 0.3 is 5.69 Å². The lowest BCUT2D eigenvalue weighted by atomic mass is 10.2. The van der Waals surface area contributed by atoms with Crippen LogP contribution in [0.1, 0.15) is 0 Å². The molecule has 3 aromatic carbocycles. The summed E-state index contributed by atoms with van der Waals surface area (Å²) in [6, 6.07) is 18.8. The van der Waals surface area contributed by atoms with Gasteiger partial charge in [-0.2, -0.15) is 0 Å². The summed E-state index contributed by atoms with van der Waals surface area (Å²) in [5, 5.41) is 34.7. The number of aromatic nitrogens is 1. The number of hydrogen-bond donors (Lipinski definition) is 1. The second-order valence-corrected chi connectivity index (χ2v) is 6.78. The lowest BCUT2D eigenvalue weighted by Crippen LogP contribution is -2.23. The van der Waals surface area contributed by atoms with Crippen LogP contribution >= 0.6 is 0 Å². The number of aliphatic hydroxyl groups is 1. The van der Waals surface area contributed by atoms with E-state index >= 15 is 0 Å². The van der Waals surface area contributed by atoms with Gasteiger partial charge in [0.2, 0.25) is 0 Å². The van der Waals surface area contributed by atoms with E-state index in [1.165, 1.54) is 6.07 Å². The first-order chi connectivity index (χ1) is 14.5. The fourth-order valence-electron chi connectivity index (χ4n) is 3.53. The number of ether oxygens (including phenoxy) is 1. The van der Waals surface area contributed by atoms with Crippen molar-refractivity contribution in [2.45, 2.75) is 12.6 Å². The van der Waals surface area contributed by atoms with Crippen molar-refractivity contribution in [3.63, 3.8) is 0 Å². The summed E-state index contributed by atoms with van der Waals surface area (Å²) in [5.74, 6) is -0.133. The molecule has 0 radical (unpaired) electrons. The van der Waals surface area contributed by atoms with Gasteiger partial charge in [-0.05, 0) is 18.2 Å². The Morgan fingerprint density at radius 3 is 2.07 bits per heavy atom. The summed E-state index contributed by atoms with van der Waals surface area (Å²) < 4.78 is 7.42. The van der Waals surface area contributed by atoms with E-state index in [4.69, 9.17) is 4.74 Å². The van der Waals surface area contributed by atoms with E-state index in [1.807, 2.05) is 53.1 Å². The first-order valence-corrected chi connectivity index (χ1v) is 9.15. The first kappa shape index (κ1) is 19.3. The molecule has 1 N–H and O–H groups in total. The zero-order chi connectivity index (χ0) is 21.3. The standard InChI is InChI=1S/C21H17N3O6/c25-15(13-30-21-10-9-14(23(26)27)11-20(21)24(28)29)12-22-18-7-3-1-5-16(18)17-6-2-4-8-19(17)22/h1-11,15,25H,12-13H2/t15-/m0/s1. The molecule has 0 aliphatic heterocycles. The van der Waals surface area contributed by atoms with E-state index in [0.29, 0.717) is 0 Å². The molecule has 0 spiro atoms. The Balaban J connectivity index is 1.57. The Labute approximate surface area is 170 Å². The van der Waals surface area contributed by atoms with Crippen LogP contribution in [0.25, 0.3) is 21.8 Å². The molecule has 0 aliphatic rings. The van der Waals surface area contributed by atoms with E-state index in [2.05, 4.69) is 0 Å². The van der Waals surface area contributed by atoms with E-state index < -0.39 is 27.3 Å². The van der Waals surface area contributed by atoms with E-state index in [1.54, 1.807) is 0 Å². The molecule has 9 heteroatoms. The molecule has 4 aromatic rings. The smallest absolute Gasteiger partial charge is 0.317 e. The summed E-state index contributed by atoms with van der Waals surface area (Å²) in [5.41, 5.74) is 0.992. The van der Waals surface area contributed by atoms with Crippen LogP contribution in [0.4, 0.5) is 11.4 Å². The number of rotatable bonds is 7. The predicted octanol–water partition coefficient (Wildman–Crippen LogP) is 4.05. The third-order valence-corrected chi connectivity index (χ3v) is 4.85. The zero-order valence-corrected chi connectivity index (χ0v) is 15.7. The van der Waals surface area contributed by atoms with Crippen LogP contribution in [0, 0.1) is 20.2 Å². The van der Waals surface area contributed by atoms with Crippen LogP contribution in [0.2, 0.25) is 0 Å². The van der Waals surface area contributed by atoms with Crippen molar-refractivity contribution in [1.29, 1.82) is 0 Å². The average Bonchev–Trinajstić information content (AvgIpc) is 3.06. The maximum absolute atomic E-state index is 11.2. The number of para-hydroxylation sites is 2. The number of nitro benzene ring substituents is 2. The number of hydrogen-bond acceptors (Lipinski definition) is 6. The van der Waals surface area contributed by atoms with Crippen LogP contribution in [0.15, 0.2) is 66.7 Å². The summed E-state index contributed by atoms with van der Waals surface area (Å²) in [6.07, 6.45) is -0.959. The highest BCUT2D eigenvalue weighted by atomic mass is 16.6. The van der Waals surface area contributed by atoms with Gasteiger partial charge in [0, 0.05) is 27.9 Å². The molecule has 0 unspecified atom stereocenters. The monoisotopic (exact) mass is 407 g/mol. The topological polar surface area (TPSA) is 121 Å². The summed E-state index contributed by atoms with van der Waals surface area (Å²) in [4.78, 5) is 20.6. The Kier molecular flexibility index (Phi) is 5.03. The van der Waals surface area contributed by atoms with Gasteiger partial charge in [-0.3, -0.25) is 20.2 Å². The third kappa shape index (κ3) is 3.53. The minimum atomic E-state index is -0.959. The van der Waals surface area contributed by atoms with Crippen molar-refractivity contribution in [2.24, 2.45) is 0 Å². The molecule has 0 fully saturated rings. The molecule has 0 bridgehead atoms. The number of fused-ring (bicyclic) bond motifs is 3. The molecule has 0 saturated carbocycles. The second-order valence-electron chi connectivity index (χ2n) is 6.78. The van der Waals surface area contributed by atoms with Gasteiger partial charge in [0.05, 0.1) is 22.5 Å². The van der Waals surface area contributed by atoms with Crippen molar-refractivity contribution >= 4 is 33.2 Å². The van der Waals surface area contributed by atoms with E-state index in [9.17, 15) is 25.3 Å². The molecule has 1 atom stereocenters. The molecule has 0 amide bonds. The summed E-state index contributed by atoms with van der Waals surface area (Å²) in [6.45, 7) is 0.00822. The van der Waals surface area contributed by atoms with Crippen LogP contribution in [0.5, 0.6) is 5.75 Å². The van der Waals surface area contributed by atoms with E-state index in [-0.39, 0.29) is 18.9 Å². The van der Waals surface area contributed by atoms with Gasteiger partial charge in [0.15, 0.2) is 5.75 Å². The molecular formula is C21H17N3O6. The fourth-order valence-corrected chi connectivity index (χ4v) is 3.53. The number of non-ortho nitro benzene ring substituents is 1.